The lowest BCUT2D eigenvalue weighted by Gasteiger charge is -2.31. The Morgan fingerprint density at radius 3 is 2.00 bits per heavy atom. The van der Waals surface area contributed by atoms with Crippen molar-refractivity contribution >= 4 is 94.4 Å². The summed E-state index contributed by atoms with van der Waals surface area (Å²) in [6.45, 7) is 3.57. The molecule has 12 nitrogen and oxygen atoms in total. The number of carbonyl (C=O) groups excluding carboxylic acids is 5. The number of likely N-dealkylation sites (tertiary alicyclic amines) is 1. The summed E-state index contributed by atoms with van der Waals surface area (Å²) < 4.78 is 31.7. The first kappa shape index (κ1) is 50.8. The maximum atomic E-state index is 13.1. The Bertz CT molecular complexity index is 1250. The molecule has 2 fully saturated rings. The van der Waals surface area contributed by atoms with Gasteiger partial charge >= 0.3 is 12.1 Å². The third-order valence-corrected chi connectivity index (χ3v) is 10.1. The molecule has 2 unspecified atom stereocenters. The molecule has 0 saturated carbocycles. The number of carboxylic acid groups (broad SMARTS) is 1. The number of carbonyl (C=O) groups is 6. The second-order valence-corrected chi connectivity index (χ2v) is 14.9. The van der Waals surface area contributed by atoms with Crippen molar-refractivity contribution in [3.8, 4) is 0 Å². The topological polar surface area (TPSA) is 174 Å². The summed E-state index contributed by atoms with van der Waals surface area (Å²) in [5, 5.41) is 17.8. The first-order valence-corrected chi connectivity index (χ1v) is 18.4. The van der Waals surface area contributed by atoms with Gasteiger partial charge in [-0.3, -0.25) is 28.9 Å². The lowest BCUT2D eigenvalue weighted by Crippen LogP contribution is -2.52. The van der Waals surface area contributed by atoms with E-state index in [4.69, 9.17) is 33.1 Å². The Kier molecular flexibility index (Phi) is 26.4. The molecule has 2 aliphatic heterocycles. The summed E-state index contributed by atoms with van der Waals surface area (Å²) >= 11 is 13.3. The van der Waals surface area contributed by atoms with Gasteiger partial charge in [-0.1, -0.05) is 43.7 Å². The largest absolute Gasteiger partial charge is 0.490 e. The van der Waals surface area contributed by atoms with Gasteiger partial charge < -0.3 is 26.4 Å². The molecule has 20 heteroatoms. The predicted molar refractivity (Wildman–Crippen MR) is 199 cm³/mol. The monoisotopic (exact) mass is 827 g/mol. The molecule has 0 radical (unpaired) electrons. The van der Waals surface area contributed by atoms with Crippen LogP contribution < -0.4 is 21.3 Å². The van der Waals surface area contributed by atoms with Crippen LogP contribution in [0.2, 0.25) is 0 Å². The minimum absolute atomic E-state index is 0. The van der Waals surface area contributed by atoms with Crippen molar-refractivity contribution < 1.29 is 47.0 Å². The summed E-state index contributed by atoms with van der Waals surface area (Å²) in [6.07, 6.45) is -2.31. The second-order valence-electron chi connectivity index (χ2n) is 10.9. The molecule has 2 aliphatic rings. The van der Waals surface area contributed by atoms with Crippen LogP contribution in [-0.2, 0) is 28.8 Å². The maximum absolute atomic E-state index is 13.1. The van der Waals surface area contributed by atoms with E-state index in [1.807, 2.05) is 56.5 Å². The highest BCUT2D eigenvalue weighted by atomic mass is 35.5. The Morgan fingerprint density at radius 2 is 1.55 bits per heavy atom. The zero-order valence-electron chi connectivity index (χ0n) is 28.9. The first-order chi connectivity index (χ1) is 23.4. The number of nitrogens with zero attached hydrogens (tertiary/aromatic N) is 1. The number of aliphatic carboxylic acids is 1. The van der Waals surface area contributed by atoms with Crippen LogP contribution in [-0.4, -0.2) is 119 Å². The molecule has 0 aromatic heterocycles. The zero-order valence-corrected chi connectivity index (χ0v) is 32.9. The smallest absolute Gasteiger partial charge is 0.475 e. The first-order valence-electron chi connectivity index (χ1n) is 15.4. The van der Waals surface area contributed by atoms with E-state index in [-0.39, 0.29) is 39.6 Å². The van der Waals surface area contributed by atoms with Crippen LogP contribution >= 0.6 is 59.1 Å². The van der Waals surface area contributed by atoms with E-state index < -0.39 is 48.4 Å². The van der Waals surface area contributed by atoms with E-state index >= 15 is 0 Å². The second kappa shape index (κ2) is 26.5. The van der Waals surface area contributed by atoms with Crippen molar-refractivity contribution in [2.75, 3.05) is 51.1 Å². The average Bonchev–Trinajstić information content (AvgIpc) is 3.37. The number of halogens is 6. The number of amides is 3. The number of likely N-dealkylation sites (N-methyl/N-ethyl adjacent to an activating group) is 1. The van der Waals surface area contributed by atoms with Crippen LogP contribution in [0.5, 0.6) is 0 Å². The molecule has 3 rings (SSSR count). The average molecular weight is 829 g/mol. The minimum Gasteiger partial charge on any atom is -0.475 e. The van der Waals surface area contributed by atoms with Crippen LogP contribution in [0.3, 0.4) is 0 Å². The van der Waals surface area contributed by atoms with Crippen LogP contribution in [0.15, 0.2) is 30.3 Å². The van der Waals surface area contributed by atoms with Gasteiger partial charge in [0.1, 0.15) is 6.04 Å². The third-order valence-electron chi connectivity index (χ3n) is 6.78. The fourth-order valence-electron chi connectivity index (χ4n) is 4.63. The highest BCUT2D eigenvalue weighted by molar-refractivity contribution is 8.18. The van der Waals surface area contributed by atoms with Gasteiger partial charge in [0.25, 0.3) is 5.91 Å². The molecule has 1 spiro atoms. The number of Topliss-reactive ketones (excluding diaryl/α,β-unsaturated/α-hetero) is 2. The molecule has 292 valence electrons. The quantitative estimate of drug-likeness (QED) is 0.161. The molecule has 3 atom stereocenters. The van der Waals surface area contributed by atoms with E-state index in [2.05, 4.69) is 21.3 Å². The van der Waals surface area contributed by atoms with Crippen molar-refractivity contribution in [3.63, 3.8) is 0 Å². The van der Waals surface area contributed by atoms with Gasteiger partial charge in [-0.25, -0.2) is 4.79 Å². The minimum atomic E-state index is -5.08. The lowest BCUT2D eigenvalue weighted by molar-refractivity contribution is -0.192. The summed E-state index contributed by atoms with van der Waals surface area (Å²) in [6, 6.07) is 6.60. The summed E-state index contributed by atoms with van der Waals surface area (Å²) in [4.78, 5) is 74.0. The van der Waals surface area contributed by atoms with Crippen LogP contribution in [0, 0.1) is 0 Å². The van der Waals surface area contributed by atoms with Gasteiger partial charge in [-0.05, 0) is 64.4 Å². The Labute approximate surface area is 321 Å². The number of benzene rings is 1. The van der Waals surface area contributed by atoms with E-state index in [0.717, 1.165) is 18.1 Å². The molecule has 2 saturated heterocycles. The molecule has 51 heavy (non-hydrogen) atoms. The predicted octanol–water partition coefficient (Wildman–Crippen LogP) is 3.99. The van der Waals surface area contributed by atoms with Crippen molar-refractivity contribution in [1.29, 1.82) is 0 Å². The fourth-order valence-corrected chi connectivity index (χ4v) is 8.11. The summed E-state index contributed by atoms with van der Waals surface area (Å²) in [7, 11) is 5.67. The van der Waals surface area contributed by atoms with Gasteiger partial charge in [-0.2, -0.15) is 13.2 Å². The van der Waals surface area contributed by atoms with Gasteiger partial charge in [0.15, 0.2) is 5.78 Å². The number of carboxylic acids is 1. The van der Waals surface area contributed by atoms with E-state index in [9.17, 15) is 37.1 Å². The van der Waals surface area contributed by atoms with E-state index in [1.165, 1.54) is 13.3 Å². The van der Waals surface area contributed by atoms with E-state index in [1.54, 1.807) is 30.3 Å². The molecular formula is C31H47Cl3F3N5O7S2. The van der Waals surface area contributed by atoms with Crippen molar-refractivity contribution in [3.05, 3.63) is 35.9 Å². The number of hydrogen-bond donors (Lipinski definition) is 5. The number of rotatable bonds is 11. The number of hydrogen-bond acceptors (Lipinski definition) is 10. The normalized spacial score (nSPS) is 17.2. The highest BCUT2D eigenvalue weighted by Gasteiger charge is 2.47. The Hall–Kier alpha value is -2.28. The molecule has 5 N–H and O–H groups in total. The van der Waals surface area contributed by atoms with Crippen molar-refractivity contribution in [1.82, 2.24) is 26.2 Å². The van der Waals surface area contributed by atoms with Crippen molar-refractivity contribution in [2.45, 2.75) is 67.9 Å². The van der Waals surface area contributed by atoms with Gasteiger partial charge in [0.2, 0.25) is 17.6 Å². The Balaban J connectivity index is 0. The van der Waals surface area contributed by atoms with Gasteiger partial charge in [-0.15, -0.1) is 59.1 Å². The lowest BCUT2D eigenvalue weighted by atomic mass is 10.0. The molecular weight excluding hydrogens is 782 g/mol. The van der Waals surface area contributed by atoms with Gasteiger partial charge in [0, 0.05) is 6.54 Å². The number of thioether (sulfide) groups is 2. The highest BCUT2D eigenvalue weighted by Crippen LogP contribution is 2.49. The summed E-state index contributed by atoms with van der Waals surface area (Å²) in [5.74, 6) is -3.42. The van der Waals surface area contributed by atoms with Gasteiger partial charge in [0.05, 0.1) is 28.0 Å². The zero-order chi connectivity index (χ0) is 38.5. The molecule has 3 amide bonds. The molecule has 2 heterocycles. The Morgan fingerprint density at radius 1 is 1.04 bits per heavy atom. The number of alkyl halides is 5. The third kappa shape index (κ3) is 19.4. The van der Waals surface area contributed by atoms with Crippen molar-refractivity contribution in [2.24, 2.45) is 0 Å². The van der Waals surface area contributed by atoms with Crippen LogP contribution in [0.25, 0.3) is 0 Å². The maximum Gasteiger partial charge on any atom is 0.490 e. The van der Waals surface area contributed by atoms with Crippen LogP contribution in [0.1, 0.15) is 51.1 Å². The molecule has 0 bridgehead atoms. The number of ketones is 2. The molecule has 1 aromatic carbocycles. The molecule has 1 aromatic rings. The van der Waals surface area contributed by atoms with E-state index in [0.29, 0.717) is 24.8 Å². The summed E-state index contributed by atoms with van der Waals surface area (Å²) in [5.41, 5.74) is 0.625. The number of nitrogens with one attached hydrogen (secondary N) is 4. The standard InChI is InChI=1S/C26H36N4O5S2.C2HF3O2.C2H7N.CH2Cl2.ClH/c1-4-9-19(28-24(34)20-14-26(16-30(20)3)36-12-8-13-37-26)23(33)25(35)27-15-21(32)29-22(17(2)31)18-10-6-5-7-11-18;3-2(4,5)1(6)7;1-3-2;2-1-3;/h5-7,10-11,19-20,22H,4,8-9,12-16H2,1-3H3,(H,27,35)(H,28,34)(H,29,32);(H,6,7);3H,1-2H3;1H2;1H/t19?,20?,22-;;;;/m1..../s1. The SMILES string of the molecule is CCCC(NC(=O)C1CC2(CN1C)SCCCS2)C(=O)C(=O)NCC(=O)N[C@H](C(C)=O)c1ccccc1.CNC.Cl.ClCCl.O=C(O)C(F)(F)F. The molecule has 0 aliphatic carbocycles. The van der Waals surface area contributed by atoms with Crippen LogP contribution in [0.4, 0.5) is 13.2 Å². The fraction of sp³-hybridized carbons (Fsp3) is 0.613.